The van der Waals surface area contributed by atoms with Gasteiger partial charge in [0, 0.05) is 18.8 Å². The molecular formula is C24H28F3N5O. The van der Waals surface area contributed by atoms with Crippen LogP contribution in [0.4, 0.5) is 18.9 Å². The second kappa shape index (κ2) is 9.41. The molecule has 1 unspecified atom stereocenters. The number of hydrogen-bond donors (Lipinski definition) is 2. The summed E-state index contributed by atoms with van der Waals surface area (Å²) >= 11 is 0. The normalized spacial score (nSPS) is 16.0. The molecule has 0 saturated heterocycles. The molecule has 33 heavy (non-hydrogen) atoms. The number of aryl methyl sites for hydroxylation is 1. The Labute approximate surface area is 190 Å². The number of nitrogens with one attached hydrogen (secondary N) is 2. The van der Waals surface area contributed by atoms with Gasteiger partial charge in [-0.05, 0) is 44.4 Å². The maximum atomic E-state index is 13.2. The highest BCUT2D eigenvalue weighted by atomic mass is 19.4. The first-order valence-corrected chi connectivity index (χ1v) is 11.4. The molecule has 1 aliphatic rings. The molecule has 1 amide bonds. The summed E-state index contributed by atoms with van der Waals surface area (Å²) in [6.45, 7) is 4.39. The number of carbonyl (C=O) groups is 1. The van der Waals surface area contributed by atoms with Gasteiger partial charge in [-0.15, -0.1) is 0 Å². The van der Waals surface area contributed by atoms with E-state index < -0.39 is 17.8 Å². The maximum absolute atomic E-state index is 13.2. The van der Waals surface area contributed by atoms with Gasteiger partial charge >= 0.3 is 6.18 Å². The van der Waals surface area contributed by atoms with Gasteiger partial charge < -0.3 is 10.6 Å². The smallest absolute Gasteiger partial charge is 0.381 e. The molecule has 4 rings (SSSR count). The Kier molecular flexibility index (Phi) is 6.58. The van der Waals surface area contributed by atoms with Gasteiger partial charge in [0.05, 0.1) is 34.4 Å². The quantitative estimate of drug-likeness (QED) is 0.496. The molecule has 1 atom stereocenters. The van der Waals surface area contributed by atoms with Crippen LogP contribution in [0.1, 0.15) is 73.5 Å². The van der Waals surface area contributed by atoms with E-state index in [1.807, 2.05) is 6.92 Å². The number of fused-ring (bicyclic) bond motifs is 1. The lowest BCUT2D eigenvalue weighted by molar-refractivity contribution is -0.137. The molecule has 3 aromatic rings. The van der Waals surface area contributed by atoms with Gasteiger partial charge in [-0.2, -0.15) is 18.3 Å². The van der Waals surface area contributed by atoms with E-state index in [1.54, 1.807) is 24.0 Å². The van der Waals surface area contributed by atoms with E-state index in [9.17, 15) is 18.0 Å². The average molecular weight is 460 g/mol. The lowest BCUT2D eigenvalue weighted by Gasteiger charge is -2.25. The van der Waals surface area contributed by atoms with E-state index in [0.29, 0.717) is 29.0 Å². The van der Waals surface area contributed by atoms with Crippen LogP contribution < -0.4 is 10.6 Å². The Bertz CT molecular complexity index is 1120. The van der Waals surface area contributed by atoms with Crippen molar-refractivity contribution in [2.75, 3.05) is 5.32 Å². The maximum Gasteiger partial charge on any atom is 0.416 e. The first-order chi connectivity index (χ1) is 15.8. The first kappa shape index (κ1) is 23.1. The minimum Gasteiger partial charge on any atom is -0.381 e. The van der Waals surface area contributed by atoms with E-state index in [1.165, 1.54) is 18.6 Å². The number of carbonyl (C=O) groups excluding carboxylic acids is 1. The van der Waals surface area contributed by atoms with Gasteiger partial charge in [0.1, 0.15) is 0 Å². The Balaban J connectivity index is 1.60. The zero-order valence-corrected chi connectivity index (χ0v) is 18.7. The van der Waals surface area contributed by atoms with Crippen LogP contribution in [0.3, 0.4) is 0 Å². The Morgan fingerprint density at radius 1 is 1.15 bits per heavy atom. The predicted octanol–water partition coefficient (Wildman–Crippen LogP) is 5.71. The zero-order chi connectivity index (χ0) is 23.6. The van der Waals surface area contributed by atoms with Gasteiger partial charge in [-0.1, -0.05) is 31.4 Å². The number of halogens is 3. The molecule has 9 heteroatoms. The van der Waals surface area contributed by atoms with Crippen molar-refractivity contribution in [3.05, 3.63) is 53.3 Å². The molecule has 2 heterocycles. The number of rotatable bonds is 6. The molecular weight excluding hydrogens is 431 g/mol. The fourth-order valence-electron chi connectivity index (χ4n) is 4.36. The van der Waals surface area contributed by atoms with Crippen LogP contribution >= 0.6 is 0 Å². The highest BCUT2D eigenvalue weighted by molar-refractivity contribution is 6.06. The first-order valence-electron chi connectivity index (χ1n) is 11.4. The van der Waals surface area contributed by atoms with E-state index >= 15 is 0 Å². The number of pyridine rings is 1. The minimum absolute atomic E-state index is 0.271. The Hall–Kier alpha value is -3.10. The number of aromatic nitrogens is 3. The van der Waals surface area contributed by atoms with Crippen molar-refractivity contribution < 1.29 is 18.0 Å². The van der Waals surface area contributed by atoms with Crippen LogP contribution in [0.2, 0.25) is 0 Å². The summed E-state index contributed by atoms with van der Waals surface area (Å²) in [5, 5.41) is 11.7. The van der Waals surface area contributed by atoms with Gasteiger partial charge in [0.2, 0.25) is 0 Å². The molecule has 2 aromatic heterocycles. The number of nitrogens with zero attached hydrogens (tertiary/aromatic N) is 3. The summed E-state index contributed by atoms with van der Waals surface area (Å²) in [4.78, 5) is 17.7. The third-order valence-corrected chi connectivity index (χ3v) is 6.25. The number of alkyl halides is 3. The Morgan fingerprint density at radius 3 is 2.48 bits per heavy atom. The third-order valence-electron chi connectivity index (χ3n) is 6.25. The second-order valence-corrected chi connectivity index (χ2v) is 8.54. The van der Waals surface area contributed by atoms with Crippen LogP contribution in [0.5, 0.6) is 0 Å². The Morgan fingerprint density at radius 2 is 1.85 bits per heavy atom. The molecule has 0 bridgehead atoms. The summed E-state index contributed by atoms with van der Waals surface area (Å²) in [5.74, 6) is -0.334. The predicted molar refractivity (Wildman–Crippen MR) is 121 cm³/mol. The summed E-state index contributed by atoms with van der Waals surface area (Å²) in [6, 6.07) is 4.63. The van der Waals surface area contributed by atoms with Crippen molar-refractivity contribution in [1.29, 1.82) is 0 Å². The van der Waals surface area contributed by atoms with Gasteiger partial charge in [0.15, 0.2) is 5.65 Å². The summed E-state index contributed by atoms with van der Waals surface area (Å²) in [7, 11) is 0. The third kappa shape index (κ3) is 4.96. The zero-order valence-electron chi connectivity index (χ0n) is 18.7. The van der Waals surface area contributed by atoms with Crippen molar-refractivity contribution in [2.45, 2.75) is 70.8 Å². The van der Waals surface area contributed by atoms with Crippen molar-refractivity contribution in [1.82, 2.24) is 20.1 Å². The molecule has 1 aromatic carbocycles. The standard InChI is InChI=1S/C24H28F3N5O/c1-3-32-22-19(14-29-32)21(31-18-7-5-4-6-8-18)20(13-28-22)23(33)30-15(2)16-9-11-17(12-10-16)24(25,26)27/h9-15,18H,3-8H2,1-2H3,(H,28,31)(H,30,33). The van der Waals surface area contributed by atoms with Gasteiger partial charge in [-0.25, -0.2) is 9.67 Å². The summed E-state index contributed by atoms with van der Waals surface area (Å²) in [6.07, 6.45) is 4.47. The highest BCUT2D eigenvalue weighted by Gasteiger charge is 2.30. The summed E-state index contributed by atoms with van der Waals surface area (Å²) in [5.41, 5.74) is 1.70. The van der Waals surface area contributed by atoms with Crippen molar-refractivity contribution >= 4 is 22.6 Å². The molecule has 176 valence electrons. The van der Waals surface area contributed by atoms with E-state index in [-0.39, 0.29) is 11.9 Å². The number of hydrogen-bond acceptors (Lipinski definition) is 4. The summed E-state index contributed by atoms with van der Waals surface area (Å²) < 4.78 is 40.3. The molecule has 0 radical (unpaired) electrons. The topological polar surface area (TPSA) is 71.8 Å². The van der Waals surface area contributed by atoms with E-state index in [2.05, 4.69) is 20.7 Å². The molecule has 0 aliphatic heterocycles. The lowest BCUT2D eigenvalue weighted by Crippen LogP contribution is -2.29. The monoisotopic (exact) mass is 459 g/mol. The minimum atomic E-state index is -4.39. The molecule has 0 spiro atoms. The van der Waals surface area contributed by atoms with E-state index in [0.717, 1.165) is 43.2 Å². The number of anilines is 1. The second-order valence-electron chi connectivity index (χ2n) is 8.54. The van der Waals surface area contributed by atoms with Crippen LogP contribution in [0.15, 0.2) is 36.7 Å². The number of amides is 1. The molecule has 6 nitrogen and oxygen atoms in total. The van der Waals surface area contributed by atoms with E-state index in [4.69, 9.17) is 0 Å². The lowest BCUT2D eigenvalue weighted by atomic mass is 9.95. The molecule has 1 fully saturated rings. The van der Waals surface area contributed by atoms with Crippen LogP contribution in [-0.2, 0) is 12.7 Å². The van der Waals surface area contributed by atoms with Crippen molar-refractivity contribution in [3.63, 3.8) is 0 Å². The van der Waals surface area contributed by atoms with Gasteiger partial charge in [0.25, 0.3) is 5.91 Å². The van der Waals surface area contributed by atoms with Gasteiger partial charge in [-0.3, -0.25) is 4.79 Å². The van der Waals surface area contributed by atoms with Crippen LogP contribution in [-0.4, -0.2) is 26.7 Å². The fraction of sp³-hybridized carbons (Fsp3) is 0.458. The van der Waals surface area contributed by atoms with Crippen LogP contribution in [0.25, 0.3) is 11.0 Å². The number of benzene rings is 1. The SMILES string of the molecule is CCn1ncc2c(NC3CCCCC3)c(C(=O)NC(C)c3ccc(C(F)(F)F)cc3)cnc21. The molecule has 1 saturated carbocycles. The average Bonchev–Trinajstić information content (AvgIpc) is 3.23. The fourth-order valence-corrected chi connectivity index (χ4v) is 4.36. The molecule has 2 N–H and O–H groups in total. The van der Waals surface area contributed by atoms with Crippen molar-refractivity contribution in [2.24, 2.45) is 0 Å². The molecule has 1 aliphatic carbocycles. The van der Waals surface area contributed by atoms with Crippen LogP contribution in [0, 0.1) is 0 Å². The van der Waals surface area contributed by atoms with Crippen molar-refractivity contribution in [3.8, 4) is 0 Å². The highest BCUT2D eigenvalue weighted by Crippen LogP contribution is 2.32. The largest absolute Gasteiger partial charge is 0.416 e.